The Labute approximate surface area is 224 Å². The van der Waals surface area contributed by atoms with Gasteiger partial charge in [0.05, 0.1) is 16.9 Å². The van der Waals surface area contributed by atoms with E-state index in [1.807, 2.05) is 0 Å². The van der Waals surface area contributed by atoms with Crippen molar-refractivity contribution in [3.8, 4) is 5.75 Å². The van der Waals surface area contributed by atoms with Gasteiger partial charge >= 0.3 is 12.5 Å². The first-order chi connectivity index (χ1) is 18.5. The van der Waals surface area contributed by atoms with Gasteiger partial charge in [0.25, 0.3) is 0 Å². The second kappa shape index (κ2) is 10.7. The number of halogens is 7. The number of hydrogen-bond acceptors (Lipinski definition) is 4. The van der Waals surface area contributed by atoms with Crippen LogP contribution in [0.2, 0.25) is 0 Å². The first-order valence-corrected chi connectivity index (χ1v) is 13.1. The van der Waals surface area contributed by atoms with Gasteiger partial charge in [0.1, 0.15) is 11.6 Å². The van der Waals surface area contributed by atoms with Gasteiger partial charge < -0.3 is 10.1 Å². The summed E-state index contributed by atoms with van der Waals surface area (Å²) in [6.45, 7) is 1.64. The molecule has 0 saturated carbocycles. The van der Waals surface area contributed by atoms with Crippen molar-refractivity contribution >= 4 is 21.6 Å². The van der Waals surface area contributed by atoms with Crippen LogP contribution in [0.3, 0.4) is 0 Å². The lowest BCUT2D eigenvalue weighted by molar-refractivity contribution is -0.274. The van der Waals surface area contributed by atoms with Crippen LogP contribution in [0.25, 0.3) is 0 Å². The molecule has 0 unspecified atom stereocenters. The molecule has 14 heteroatoms. The lowest BCUT2D eigenvalue weighted by atomic mass is 9.95. The standard InChI is InChI=1S/C26H21F7N2O4S/c1-15-2-4-17-14-35(40(37,38)19-7-5-18(6-8-19)39-26(31,32)33)11-10-20(17)24(15)34-23(36)13-16-3-9-21(22(27)12-16)25(28,29)30/h2-9,12H,10-11,13-14H2,1H3,(H,34,36). The van der Waals surface area contributed by atoms with Crippen LogP contribution >= 0.6 is 0 Å². The number of ether oxygens (including phenoxy) is 1. The molecule has 0 radical (unpaired) electrons. The van der Waals surface area contributed by atoms with Gasteiger partial charge in [0.15, 0.2) is 0 Å². The van der Waals surface area contributed by atoms with E-state index in [9.17, 15) is 43.9 Å². The van der Waals surface area contributed by atoms with E-state index < -0.39 is 52.0 Å². The van der Waals surface area contributed by atoms with Crippen LogP contribution in [0.15, 0.2) is 59.5 Å². The van der Waals surface area contributed by atoms with E-state index in [1.165, 1.54) is 0 Å². The number of aryl methyl sites for hydroxylation is 1. The molecule has 1 heterocycles. The zero-order chi connectivity index (χ0) is 29.5. The van der Waals surface area contributed by atoms with E-state index in [2.05, 4.69) is 10.1 Å². The molecule has 1 aliphatic rings. The van der Waals surface area contributed by atoms with Crippen LogP contribution in [-0.4, -0.2) is 31.5 Å². The Balaban J connectivity index is 1.49. The number of rotatable bonds is 6. The highest BCUT2D eigenvalue weighted by molar-refractivity contribution is 7.89. The minimum absolute atomic E-state index is 0.00652. The van der Waals surface area contributed by atoms with Gasteiger partial charge in [-0.05, 0) is 72.0 Å². The number of sulfonamides is 1. The predicted octanol–water partition coefficient (Wildman–Crippen LogP) is 5.98. The largest absolute Gasteiger partial charge is 0.573 e. The molecule has 6 nitrogen and oxygen atoms in total. The van der Waals surface area contributed by atoms with Crippen molar-refractivity contribution in [3.63, 3.8) is 0 Å². The molecule has 4 rings (SSSR count). The number of hydrogen-bond donors (Lipinski definition) is 1. The maximum Gasteiger partial charge on any atom is 0.573 e. The van der Waals surface area contributed by atoms with Crippen molar-refractivity contribution in [3.05, 3.63) is 88.2 Å². The number of anilines is 1. The highest BCUT2D eigenvalue weighted by atomic mass is 32.2. The number of benzene rings is 3. The maximum atomic E-state index is 13.9. The molecule has 1 N–H and O–H groups in total. The molecule has 40 heavy (non-hydrogen) atoms. The highest BCUT2D eigenvalue weighted by Crippen LogP contribution is 2.34. The van der Waals surface area contributed by atoms with Crippen molar-refractivity contribution in [1.82, 2.24) is 4.31 Å². The molecule has 0 spiro atoms. The molecule has 0 saturated heterocycles. The van der Waals surface area contributed by atoms with Crippen molar-refractivity contribution in [2.24, 2.45) is 0 Å². The second-order valence-electron chi connectivity index (χ2n) is 9.04. The lowest BCUT2D eigenvalue weighted by Crippen LogP contribution is -2.36. The molecule has 214 valence electrons. The van der Waals surface area contributed by atoms with Crippen LogP contribution in [-0.2, 0) is 40.4 Å². The van der Waals surface area contributed by atoms with E-state index >= 15 is 0 Å². The van der Waals surface area contributed by atoms with Crippen molar-refractivity contribution < 1.29 is 48.7 Å². The van der Waals surface area contributed by atoms with Crippen LogP contribution in [0, 0.1) is 12.7 Å². The van der Waals surface area contributed by atoms with Crippen LogP contribution in [0.5, 0.6) is 5.75 Å². The van der Waals surface area contributed by atoms with Crippen LogP contribution in [0.4, 0.5) is 36.4 Å². The Morgan fingerprint density at radius 2 is 1.68 bits per heavy atom. The predicted molar refractivity (Wildman–Crippen MR) is 129 cm³/mol. The number of fused-ring (bicyclic) bond motifs is 1. The van der Waals surface area contributed by atoms with E-state index in [0.717, 1.165) is 34.6 Å². The van der Waals surface area contributed by atoms with E-state index in [0.29, 0.717) is 34.5 Å². The fraction of sp³-hybridized carbons (Fsp3) is 0.269. The van der Waals surface area contributed by atoms with Gasteiger partial charge in [-0.25, -0.2) is 12.8 Å². The van der Waals surface area contributed by atoms with Crippen LogP contribution in [0.1, 0.15) is 27.8 Å². The highest BCUT2D eigenvalue weighted by Gasteiger charge is 2.35. The summed E-state index contributed by atoms with van der Waals surface area (Å²) in [5, 5.41) is 2.70. The summed E-state index contributed by atoms with van der Waals surface area (Å²) in [6, 6.07) is 9.41. The van der Waals surface area contributed by atoms with E-state index in [-0.39, 0.29) is 30.0 Å². The number of amides is 1. The average molecular weight is 591 g/mol. The average Bonchev–Trinajstić information content (AvgIpc) is 2.84. The van der Waals surface area contributed by atoms with E-state index in [4.69, 9.17) is 0 Å². The molecule has 0 aliphatic carbocycles. The Kier molecular flexibility index (Phi) is 7.87. The monoisotopic (exact) mass is 590 g/mol. The topological polar surface area (TPSA) is 75.7 Å². The van der Waals surface area contributed by atoms with Gasteiger partial charge in [0.2, 0.25) is 15.9 Å². The Morgan fingerprint density at radius 1 is 1.00 bits per heavy atom. The maximum absolute atomic E-state index is 13.9. The van der Waals surface area contributed by atoms with Gasteiger partial charge in [0, 0.05) is 18.8 Å². The number of nitrogens with zero attached hydrogens (tertiary/aromatic N) is 1. The zero-order valence-corrected chi connectivity index (χ0v) is 21.5. The van der Waals surface area contributed by atoms with Crippen LogP contribution < -0.4 is 10.1 Å². The minimum Gasteiger partial charge on any atom is -0.406 e. The van der Waals surface area contributed by atoms with Crippen molar-refractivity contribution in [2.45, 2.75) is 43.7 Å². The summed E-state index contributed by atoms with van der Waals surface area (Å²) < 4.78 is 121. The SMILES string of the molecule is Cc1ccc2c(c1NC(=O)Cc1ccc(C(F)(F)F)c(F)c1)CCN(S(=O)(=O)c1ccc(OC(F)(F)F)cc1)C2. The van der Waals surface area contributed by atoms with Gasteiger partial charge in [-0.1, -0.05) is 18.2 Å². The first kappa shape index (κ1) is 29.3. The quantitative estimate of drug-likeness (QED) is 0.359. The summed E-state index contributed by atoms with van der Waals surface area (Å²) in [6.07, 6.45) is -9.99. The van der Waals surface area contributed by atoms with Gasteiger partial charge in [-0.2, -0.15) is 17.5 Å². The summed E-state index contributed by atoms with van der Waals surface area (Å²) in [5.41, 5.74) is 0.910. The Hall–Kier alpha value is -3.65. The molecule has 1 amide bonds. The van der Waals surface area contributed by atoms with Gasteiger partial charge in [-0.15, -0.1) is 13.2 Å². The number of carbonyl (C=O) groups is 1. The molecule has 1 aliphatic heterocycles. The summed E-state index contributed by atoms with van der Waals surface area (Å²) in [4.78, 5) is 12.5. The first-order valence-electron chi connectivity index (χ1n) is 11.7. The molecule has 3 aromatic carbocycles. The summed E-state index contributed by atoms with van der Waals surface area (Å²) in [7, 11) is -4.08. The Morgan fingerprint density at radius 3 is 2.27 bits per heavy atom. The number of nitrogens with one attached hydrogen (secondary N) is 1. The molecular weight excluding hydrogens is 569 g/mol. The molecule has 0 atom stereocenters. The minimum atomic E-state index is -4.92. The molecular formula is C26H21F7N2O4S. The van der Waals surface area contributed by atoms with Crippen molar-refractivity contribution in [1.29, 1.82) is 0 Å². The fourth-order valence-electron chi connectivity index (χ4n) is 4.36. The fourth-order valence-corrected chi connectivity index (χ4v) is 5.78. The number of alkyl halides is 6. The zero-order valence-electron chi connectivity index (χ0n) is 20.7. The molecule has 0 bridgehead atoms. The third-order valence-electron chi connectivity index (χ3n) is 6.24. The third-order valence-corrected chi connectivity index (χ3v) is 8.10. The van der Waals surface area contributed by atoms with Crippen molar-refractivity contribution in [2.75, 3.05) is 11.9 Å². The second-order valence-corrected chi connectivity index (χ2v) is 11.0. The summed E-state index contributed by atoms with van der Waals surface area (Å²) >= 11 is 0. The third kappa shape index (κ3) is 6.55. The Bertz CT molecular complexity index is 1540. The van der Waals surface area contributed by atoms with E-state index in [1.54, 1.807) is 19.1 Å². The normalized spacial score (nSPS) is 14.5. The lowest BCUT2D eigenvalue weighted by Gasteiger charge is -2.30. The smallest absolute Gasteiger partial charge is 0.406 e. The molecule has 0 fully saturated rings. The van der Waals surface area contributed by atoms with Gasteiger partial charge in [-0.3, -0.25) is 4.79 Å². The summed E-state index contributed by atoms with van der Waals surface area (Å²) in [5.74, 6) is -2.66. The molecule has 0 aromatic heterocycles. The molecule has 3 aromatic rings. The number of carbonyl (C=O) groups excluding carboxylic acids is 1.